The normalized spacial score (nSPS) is 18.8. The third-order valence-electron chi connectivity index (χ3n) is 3.34. The Hall–Kier alpha value is -0.870. The van der Waals surface area contributed by atoms with E-state index in [0.717, 1.165) is 30.4 Å². The molecule has 1 aliphatic rings. The quantitative estimate of drug-likeness (QED) is 0.849. The van der Waals surface area contributed by atoms with Gasteiger partial charge in [0.1, 0.15) is 5.76 Å². The van der Waals surface area contributed by atoms with Crippen LogP contribution in [0.4, 0.5) is 0 Å². The van der Waals surface area contributed by atoms with Gasteiger partial charge in [0, 0.05) is 19.5 Å². The summed E-state index contributed by atoms with van der Waals surface area (Å²) in [6.07, 6.45) is 2.71. The van der Waals surface area contributed by atoms with Gasteiger partial charge < -0.3 is 14.6 Å². The van der Waals surface area contributed by atoms with Crippen molar-refractivity contribution in [2.24, 2.45) is 0 Å². The molecule has 2 heterocycles. The number of rotatable bonds is 5. The standard InChI is InChI=1S/C13H23N3O/c1-10(9-16-6-4-5-7-16)14-8-13-11(2)15-12(3)17-13/h10,14H,4-9H2,1-3H3. The Balaban J connectivity index is 1.75. The number of nitrogens with one attached hydrogen (secondary N) is 1. The van der Waals surface area contributed by atoms with Crippen LogP contribution in [0.15, 0.2) is 4.42 Å². The van der Waals surface area contributed by atoms with Crippen molar-refractivity contribution in [1.82, 2.24) is 15.2 Å². The van der Waals surface area contributed by atoms with Gasteiger partial charge in [-0.05, 0) is 39.8 Å². The molecule has 1 saturated heterocycles. The van der Waals surface area contributed by atoms with Gasteiger partial charge in [-0.25, -0.2) is 4.98 Å². The first kappa shape index (κ1) is 12.6. The summed E-state index contributed by atoms with van der Waals surface area (Å²) in [6.45, 7) is 10.5. The molecule has 4 heteroatoms. The molecule has 96 valence electrons. The van der Waals surface area contributed by atoms with Gasteiger partial charge in [0.05, 0.1) is 12.2 Å². The van der Waals surface area contributed by atoms with Crippen molar-refractivity contribution in [1.29, 1.82) is 0 Å². The van der Waals surface area contributed by atoms with Gasteiger partial charge in [0.15, 0.2) is 5.89 Å². The Kier molecular flexibility index (Phi) is 4.18. The summed E-state index contributed by atoms with van der Waals surface area (Å²) in [4.78, 5) is 6.80. The van der Waals surface area contributed by atoms with Crippen molar-refractivity contribution in [2.75, 3.05) is 19.6 Å². The average Bonchev–Trinajstić information content (AvgIpc) is 2.86. The van der Waals surface area contributed by atoms with Gasteiger partial charge in [0.2, 0.25) is 0 Å². The maximum Gasteiger partial charge on any atom is 0.191 e. The highest BCUT2D eigenvalue weighted by molar-refractivity contribution is 5.07. The van der Waals surface area contributed by atoms with Gasteiger partial charge >= 0.3 is 0 Å². The molecular weight excluding hydrogens is 214 g/mol. The molecule has 1 aromatic heterocycles. The van der Waals surface area contributed by atoms with E-state index in [1.807, 2.05) is 13.8 Å². The number of likely N-dealkylation sites (tertiary alicyclic amines) is 1. The highest BCUT2D eigenvalue weighted by Crippen LogP contribution is 2.10. The molecule has 1 N–H and O–H groups in total. The molecule has 4 nitrogen and oxygen atoms in total. The third kappa shape index (κ3) is 3.54. The summed E-state index contributed by atoms with van der Waals surface area (Å²) in [6, 6.07) is 0.498. The van der Waals surface area contributed by atoms with Gasteiger partial charge in [-0.15, -0.1) is 0 Å². The average molecular weight is 237 g/mol. The third-order valence-corrected chi connectivity index (χ3v) is 3.34. The number of aryl methyl sites for hydroxylation is 2. The summed E-state index contributed by atoms with van der Waals surface area (Å²) in [5, 5.41) is 3.50. The number of aromatic nitrogens is 1. The molecule has 0 amide bonds. The Bertz CT molecular complexity index is 356. The van der Waals surface area contributed by atoms with E-state index in [0.29, 0.717) is 6.04 Å². The zero-order chi connectivity index (χ0) is 12.3. The Morgan fingerprint density at radius 2 is 2.06 bits per heavy atom. The summed E-state index contributed by atoms with van der Waals surface area (Å²) in [7, 11) is 0. The lowest BCUT2D eigenvalue weighted by atomic mass is 10.3. The lowest BCUT2D eigenvalue weighted by molar-refractivity contribution is 0.293. The summed E-state index contributed by atoms with van der Waals surface area (Å²) in [5.41, 5.74) is 1.00. The van der Waals surface area contributed by atoms with Gasteiger partial charge in [-0.2, -0.15) is 0 Å². The zero-order valence-electron chi connectivity index (χ0n) is 11.1. The lowest BCUT2D eigenvalue weighted by Gasteiger charge is -2.20. The van der Waals surface area contributed by atoms with E-state index in [2.05, 4.69) is 22.1 Å². The fourth-order valence-electron chi connectivity index (χ4n) is 2.42. The van der Waals surface area contributed by atoms with Crippen LogP contribution in [0.25, 0.3) is 0 Å². The van der Waals surface area contributed by atoms with Crippen LogP contribution in [0.5, 0.6) is 0 Å². The molecule has 17 heavy (non-hydrogen) atoms. The second-order valence-corrected chi connectivity index (χ2v) is 5.03. The second-order valence-electron chi connectivity index (χ2n) is 5.03. The minimum atomic E-state index is 0.498. The second kappa shape index (κ2) is 5.65. The van der Waals surface area contributed by atoms with Crippen molar-refractivity contribution >= 4 is 0 Å². The minimum Gasteiger partial charge on any atom is -0.444 e. The van der Waals surface area contributed by atoms with E-state index in [4.69, 9.17) is 4.42 Å². The van der Waals surface area contributed by atoms with E-state index in [1.165, 1.54) is 25.9 Å². The van der Waals surface area contributed by atoms with Crippen molar-refractivity contribution < 1.29 is 4.42 Å². The predicted octanol–water partition coefficient (Wildman–Crippen LogP) is 1.87. The van der Waals surface area contributed by atoms with Crippen LogP contribution in [0.3, 0.4) is 0 Å². The van der Waals surface area contributed by atoms with Crippen LogP contribution in [0.1, 0.15) is 37.1 Å². The molecule has 0 spiro atoms. The fraction of sp³-hybridized carbons (Fsp3) is 0.769. The topological polar surface area (TPSA) is 41.3 Å². The number of oxazole rings is 1. The first-order chi connectivity index (χ1) is 8.15. The van der Waals surface area contributed by atoms with E-state index < -0.39 is 0 Å². The van der Waals surface area contributed by atoms with E-state index in [1.54, 1.807) is 0 Å². The van der Waals surface area contributed by atoms with Gasteiger partial charge in [-0.3, -0.25) is 0 Å². The van der Waals surface area contributed by atoms with Crippen LogP contribution >= 0.6 is 0 Å². The largest absolute Gasteiger partial charge is 0.444 e. The molecule has 1 aromatic rings. The molecule has 1 fully saturated rings. The first-order valence-corrected chi connectivity index (χ1v) is 6.54. The molecule has 1 aliphatic heterocycles. The molecule has 0 aromatic carbocycles. The minimum absolute atomic E-state index is 0.498. The highest BCUT2D eigenvalue weighted by atomic mass is 16.4. The van der Waals surface area contributed by atoms with E-state index in [-0.39, 0.29) is 0 Å². The number of hydrogen-bond acceptors (Lipinski definition) is 4. The number of nitrogens with zero attached hydrogens (tertiary/aromatic N) is 2. The Morgan fingerprint density at radius 1 is 1.35 bits per heavy atom. The molecule has 2 rings (SSSR count). The maximum absolute atomic E-state index is 5.55. The molecule has 0 bridgehead atoms. The van der Waals surface area contributed by atoms with Crippen LogP contribution in [-0.2, 0) is 6.54 Å². The van der Waals surface area contributed by atoms with Crippen LogP contribution in [0, 0.1) is 13.8 Å². The SMILES string of the molecule is Cc1nc(C)c(CNC(C)CN2CCCC2)o1. The molecule has 1 atom stereocenters. The monoisotopic (exact) mass is 237 g/mol. The zero-order valence-corrected chi connectivity index (χ0v) is 11.1. The molecular formula is C13H23N3O. The summed E-state index contributed by atoms with van der Waals surface area (Å²) >= 11 is 0. The summed E-state index contributed by atoms with van der Waals surface area (Å²) < 4.78 is 5.55. The Labute approximate surface area is 103 Å². The fourth-order valence-corrected chi connectivity index (χ4v) is 2.42. The van der Waals surface area contributed by atoms with Crippen molar-refractivity contribution in [3.8, 4) is 0 Å². The molecule has 1 unspecified atom stereocenters. The highest BCUT2D eigenvalue weighted by Gasteiger charge is 2.15. The number of hydrogen-bond donors (Lipinski definition) is 1. The Morgan fingerprint density at radius 3 is 2.65 bits per heavy atom. The van der Waals surface area contributed by atoms with Crippen LogP contribution < -0.4 is 5.32 Å². The van der Waals surface area contributed by atoms with Crippen LogP contribution in [0.2, 0.25) is 0 Å². The van der Waals surface area contributed by atoms with Crippen molar-refractivity contribution in [3.63, 3.8) is 0 Å². The van der Waals surface area contributed by atoms with E-state index >= 15 is 0 Å². The molecule has 0 radical (unpaired) electrons. The smallest absolute Gasteiger partial charge is 0.191 e. The lowest BCUT2D eigenvalue weighted by Crippen LogP contribution is -2.37. The van der Waals surface area contributed by atoms with Gasteiger partial charge in [0.25, 0.3) is 0 Å². The van der Waals surface area contributed by atoms with Crippen molar-refractivity contribution in [3.05, 3.63) is 17.3 Å². The molecule has 0 saturated carbocycles. The maximum atomic E-state index is 5.55. The van der Waals surface area contributed by atoms with Crippen molar-refractivity contribution in [2.45, 2.75) is 46.2 Å². The van der Waals surface area contributed by atoms with E-state index in [9.17, 15) is 0 Å². The molecule has 0 aliphatic carbocycles. The first-order valence-electron chi connectivity index (χ1n) is 6.54. The van der Waals surface area contributed by atoms with Crippen LogP contribution in [-0.4, -0.2) is 35.6 Å². The summed E-state index contributed by atoms with van der Waals surface area (Å²) in [5.74, 6) is 1.72. The predicted molar refractivity (Wildman–Crippen MR) is 68.0 cm³/mol. The van der Waals surface area contributed by atoms with Gasteiger partial charge in [-0.1, -0.05) is 0 Å².